The molecule has 0 radical (unpaired) electrons. The number of hydrogen-bond acceptors (Lipinski definition) is 8. The summed E-state index contributed by atoms with van der Waals surface area (Å²) in [6.45, 7) is 1.31. The second-order valence-corrected chi connectivity index (χ2v) is 8.07. The van der Waals surface area contributed by atoms with E-state index in [0.29, 0.717) is 47.7 Å². The van der Waals surface area contributed by atoms with Gasteiger partial charge in [0.2, 0.25) is 11.8 Å². The third kappa shape index (κ3) is 4.73. The Hall–Kier alpha value is -4.18. The van der Waals surface area contributed by atoms with Gasteiger partial charge in [0, 0.05) is 55.2 Å². The third-order valence-electron chi connectivity index (χ3n) is 5.85. The summed E-state index contributed by atoms with van der Waals surface area (Å²) in [6, 6.07) is 8.99. The summed E-state index contributed by atoms with van der Waals surface area (Å²) < 4.78 is 17.4. The van der Waals surface area contributed by atoms with E-state index in [4.69, 9.17) is 19.2 Å². The van der Waals surface area contributed by atoms with Gasteiger partial charge in [0.05, 0.1) is 31.4 Å². The van der Waals surface area contributed by atoms with Crippen molar-refractivity contribution in [3.8, 4) is 22.8 Å². The molecule has 4 heterocycles. The minimum absolute atomic E-state index is 0.00674. The summed E-state index contributed by atoms with van der Waals surface area (Å²) in [6.07, 6.45) is 6.99. The number of methoxy groups -OCH3 is 1. The fourth-order valence-electron chi connectivity index (χ4n) is 4.04. The van der Waals surface area contributed by atoms with Crippen molar-refractivity contribution in [3.63, 3.8) is 0 Å². The van der Waals surface area contributed by atoms with Gasteiger partial charge in [0.15, 0.2) is 0 Å². The molecule has 0 aliphatic carbocycles. The Labute approximate surface area is 202 Å². The predicted molar refractivity (Wildman–Crippen MR) is 131 cm³/mol. The maximum Gasteiger partial charge on any atom is 0.251 e. The number of nitrogens with one attached hydrogen (secondary N) is 3. The zero-order chi connectivity index (χ0) is 24.2. The number of ether oxygens (including phenoxy) is 3. The second kappa shape index (κ2) is 9.98. The topological polar surface area (TPSA) is 123 Å². The van der Waals surface area contributed by atoms with Crippen LogP contribution in [0.4, 0.5) is 11.6 Å². The lowest BCUT2D eigenvalue weighted by molar-refractivity contribution is 0.0244. The summed E-state index contributed by atoms with van der Waals surface area (Å²) in [5, 5.41) is 6.61. The highest BCUT2D eigenvalue weighted by atomic mass is 16.5. The number of anilines is 2. The van der Waals surface area contributed by atoms with Gasteiger partial charge in [-0.15, -0.1) is 0 Å². The number of fused-ring (bicyclic) bond motifs is 1. The first kappa shape index (κ1) is 22.6. The number of rotatable bonds is 7. The molecule has 10 nitrogen and oxygen atoms in total. The molecule has 0 atom stereocenters. The van der Waals surface area contributed by atoms with Crippen molar-refractivity contribution in [2.75, 3.05) is 32.7 Å². The van der Waals surface area contributed by atoms with Crippen molar-refractivity contribution in [1.29, 1.82) is 0 Å². The molecule has 0 saturated carbocycles. The Morgan fingerprint density at radius 2 is 2.06 bits per heavy atom. The molecule has 10 heteroatoms. The van der Waals surface area contributed by atoms with Crippen molar-refractivity contribution in [1.82, 2.24) is 25.3 Å². The molecule has 180 valence electrons. The van der Waals surface area contributed by atoms with Crippen LogP contribution in [0.1, 0.15) is 23.2 Å². The number of amides is 1. The third-order valence-corrected chi connectivity index (χ3v) is 5.85. The largest absolute Gasteiger partial charge is 0.495 e. The standard InChI is InChI=1S/C25H26N6O4/c1-26-23(32)15-5-6-19(20(12-15)33-2)29-25-30-22-21(18(14-28-22)16-4-3-9-27-13-16)24(31-25)35-17-7-10-34-11-8-17/h3-6,9,12-14,17H,7-8,10-11H2,1-2H3,(H,26,32)(H2,28,29,30,31). The number of hydrogen-bond donors (Lipinski definition) is 3. The quantitative estimate of drug-likeness (QED) is 0.371. The van der Waals surface area contributed by atoms with Crippen molar-refractivity contribution < 1.29 is 19.0 Å². The first-order valence-electron chi connectivity index (χ1n) is 11.4. The van der Waals surface area contributed by atoms with Gasteiger partial charge >= 0.3 is 0 Å². The molecule has 35 heavy (non-hydrogen) atoms. The normalized spacial score (nSPS) is 14.0. The number of carbonyl (C=O) groups excluding carboxylic acids is 1. The molecular formula is C25H26N6O4. The van der Waals surface area contributed by atoms with Gasteiger partial charge in [-0.25, -0.2) is 0 Å². The van der Waals surface area contributed by atoms with E-state index in [2.05, 4.69) is 25.6 Å². The monoisotopic (exact) mass is 474 g/mol. The molecule has 1 saturated heterocycles. The Kier molecular flexibility index (Phi) is 6.44. The fourth-order valence-corrected chi connectivity index (χ4v) is 4.04. The number of aromatic amines is 1. The lowest BCUT2D eigenvalue weighted by Gasteiger charge is -2.23. The van der Waals surface area contributed by atoms with E-state index in [1.165, 1.54) is 0 Å². The Morgan fingerprint density at radius 3 is 2.80 bits per heavy atom. The van der Waals surface area contributed by atoms with Crippen LogP contribution in [-0.2, 0) is 4.74 Å². The molecule has 0 spiro atoms. The smallest absolute Gasteiger partial charge is 0.251 e. The van der Waals surface area contributed by atoms with Crippen LogP contribution in [0.15, 0.2) is 48.9 Å². The van der Waals surface area contributed by atoms with E-state index >= 15 is 0 Å². The summed E-state index contributed by atoms with van der Waals surface area (Å²) in [7, 11) is 3.13. The van der Waals surface area contributed by atoms with Crippen molar-refractivity contribution in [3.05, 3.63) is 54.5 Å². The van der Waals surface area contributed by atoms with E-state index in [9.17, 15) is 4.79 Å². The van der Waals surface area contributed by atoms with E-state index in [-0.39, 0.29) is 12.0 Å². The molecule has 0 unspecified atom stereocenters. The van der Waals surface area contributed by atoms with Crippen LogP contribution in [0.3, 0.4) is 0 Å². The summed E-state index contributed by atoms with van der Waals surface area (Å²) in [4.78, 5) is 28.9. The van der Waals surface area contributed by atoms with Crippen LogP contribution in [0.2, 0.25) is 0 Å². The Balaban J connectivity index is 1.55. The number of aromatic nitrogens is 4. The van der Waals surface area contributed by atoms with Gasteiger partial charge in [-0.05, 0) is 24.3 Å². The van der Waals surface area contributed by atoms with Gasteiger partial charge in [0.1, 0.15) is 17.5 Å². The minimum atomic E-state index is -0.200. The minimum Gasteiger partial charge on any atom is -0.495 e. The lowest BCUT2D eigenvalue weighted by Crippen LogP contribution is -2.26. The van der Waals surface area contributed by atoms with E-state index in [1.807, 2.05) is 18.3 Å². The molecule has 1 aliphatic heterocycles. The molecule has 1 fully saturated rings. The zero-order valence-electron chi connectivity index (χ0n) is 19.5. The van der Waals surface area contributed by atoms with Gasteiger partial charge in [-0.2, -0.15) is 9.97 Å². The van der Waals surface area contributed by atoms with Gasteiger partial charge in [0.25, 0.3) is 5.91 Å². The van der Waals surface area contributed by atoms with Crippen LogP contribution in [0.25, 0.3) is 22.2 Å². The first-order chi connectivity index (χ1) is 17.2. The summed E-state index contributed by atoms with van der Waals surface area (Å²) in [5.41, 5.74) is 3.58. The van der Waals surface area contributed by atoms with Gasteiger partial charge in [-0.3, -0.25) is 9.78 Å². The number of carbonyl (C=O) groups is 1. The van der Waals surface area contributed by atoms with Crippen LogP contribution in [0.5, 0.6) is 11.6 Å². The number of H-pyrrole nitrogens is 1. The number of nitrogens with zero attached hydrogens (tertiary/aromatic N) is 3. The molecule has 1 aromatic carbocycles. The van der Waals surface area contributed by atoms with Crippen LogP contribution < -0.4 is 20.1 Å². The fraction of sp³-hybridized carbons (Fsp3) is 0.280. The average Bonchev–Trinajstić information content (AvgIpc) is 3.34. The first-order valence-corrected chi connectivity index (χ1v) is 11.4. The van der Waals surface area contributed by atoms with Crippen molar-refractivity contribution >= 4 is 28.6 Å². The summed E-state index contributed by atoms with van der Waals surface area (Å²) in [5.74, 6) is 1.11. The molecule has 0 bridgehead atoms. The highest BCUT2D eigenvalue weighted by Gasteiger charge is 2.22. The molecule has 1 amide bonds. The predicted octanol–water partition coefficient (Wildman–Crippen LogP) is 3.69. The maximum absolute atomic E-state index is 12.0. The molecule has 4 aromatic rings. The van der Waals surface area contributed by atoms with Crippen LogP contribution >= 0.6 is 0 Å². The SMILES string of the molecule is CNC(=O)c1ccc(Nc2nc(OC3CCOCC3)c3c(-c4cccnc4)c[nH]c3n2)c(OC)c1. The summed E-state index contributed by atoms with van der Waals surface area (Å²) >= 11 is 0. The average molecular weight is 475 g/mol. The Bertz CT molecular complexity index is 1330. The lowest BCUT2D eigenvalue weighted by atomic mass is 10.1. The highest BCUT2D eigenvalue weighted by Crippen LogP contribution is 2.36. The van der Waals surface area contributed by atoms with Crippen molar-refractivity contribution in [2.24, 2.45) is 0 Å². The van der Waals surface area contributed by atoms with Crippen molar-refractivity contribution in [2.45, 2.75) is 18.9 Å². The molecule has 1 aliphatic rings. The Morgan fingerprint density at radius 1 is 1.20 bits per heavy atom. The van der Waals surface area contributed by atoms with E-state index in [0.717, 1.165) is 29.4 Å². The van der Waals surface area contributed by atoms with E-state index in [1.54, 1.807) is 44.8 Å². The zero-order valence-corrected chi connectivity index (χ0v) is 19.5. The second-order valence-electron chi connectivity index (χ2n) is 8.07. The van der Waals surface area contributed by atoms with Crippen LogP contribution in [-0.4, -0.2) is 59.3 Å². The molecule has 3 N–H and O–H groups in total. The van der Waals surface area contributed by atoms with Gasteiger partial charge < -0.3 is 29.8 Å². The van der Waals surface area contributed by atoms with Gasteiger partial charge in [-0.1, -0.05) is 6.07 Å². The van der Waals surface area contributed by atoms with Crippen LogP contribution in [0, 0.1) is 0 Å². The number of pyridine rings is 1. The van der Waals surface area contributed by atoms with E-state index < -0.39 is 0 Å². The highest BCUT2D eigenvalue weighted by molar-refractivity contribution is 5.98. The molecule has 3 aromatic heterocycles. The number of benzene rings is 1. The molecule has 5 rings (SSSR count). The molecular weight excluding hydrogens is 448 g/mol. The maximum atomic E-state index is 12.0.